The van der Waals surface area contributed by atoms with Gasteiger partial charge in [0.05, 0.1) is 5.41 Å². The van der Waals surface area contributed by atoms with Crippen LogP contribution in [-0.4, -0.2) is 73.3 Å². The van der Waals surface area contributed by atoms with Gasteiger partial charge in [-0.1, -0.05) is 6.42 Å². The lowest BCUT2D eigenvalue weighted by molar-refractivity contribution is -0.149. The summed E-state index contributed by atoms with van der Waals surface area (Å²) in [5.74, 6) is 0.257. The number of anilines is 1. The zero-order valence-corrected chi connectivity index (χ0v) is 15.6. The molecule has 3 aliphatic rings. The van der Waals surface area contributed by atoms with Crippen LogP contribution in [0, 0.1) is 17.3 Å². The summed E-state index contributed by atoms with van der Waals surface area (Å²) in [6.45, 7) is 2.45. The fraction of sp³-hybridized carbons (Fsp3) is 0.667. The molecule has 148 valence electrons. The standard InChI is InChI=1S/C18H23N7O3/c26-16(24-10-13-2-1-7-18(13,11-24)17(27)28)12-5-8-23(9-6-12)15-4-3-14-19-21-22-25(14)20-15/h3-4,12-13H,1-2,5-11H2,(H,27,28)/t13-,18+/m0/s1. The molecule has 2 atom stereocenters. The van der Waals surface area contributed by atoms with Crippen LogP contribution < -0.4 is 4.90 Å². The minimum Gasteiger partial charge on any atom is -0.481 e. The number of nitrogens with zero attached hydrogens (tertiary/aromatic N) is 7. The molecule has 10 nitrogen and oxygen atoms in total. The van der Waals surface area contributed by atoms with Crippen LogP contribution in [0.15, 0.2) is 12.1 Å². The predicted octanol–water partition coefficient (Wildman–Crippen LogP) is 0.449. The van der Waals surface area contributed by atoms with Gasteiger partial charge in [0.2, 0.25) is 5.91 Å². The van der Waals surface area contributed by atoms with E-state index in [0.717, 1.165) is 44.6 Å². The number of likely N-dealkylation sites (tertiary alicyclic amines) is 1. The minimum absolute atomic E-state index is 0.0438. The summed E-state index contributed by atoms with van der Waals surface area (Å²) in [5.41, 5.74) is -0.109. The zero-order chi connectivity index (χ0) is 19.3. The SMILES string of the molecule is O=C(C1CCN(c2ccc3nnnn3n2)CC1)N1C[C@@H]2CCC[C@@]2(C(=O)O)C1. The number of rotatable bonds is 3. The fourth-order valence-corrected chi connectivity index (χ4v) is 5.23. The third-order valence-corrected chi connectivity index (χ3v) is 6.83. The summed E-state index contributed by atoms with van der Waals surface area (Å²) in [7, 11) is 0. The Morgan fingerprint density at radius 1 is 1.18 bits per heavy atom. The maximum absolute atomic E-state index is 13.0. The number of aliphatic carboxylic acids is 1. The van der Waals surface area contributed by atoms with Gasteiger partial charge in [-0.15, -0.1) is 14.8 Å². The molecule has 1 amide bonds. The first-order valence-electron chi connectivity index (χ1n) is 9.89. The number of carbonyl (C=O) groups excluding carboxylic acids is 1. The van der Waals surface area contributed by atoms with Gasteiger partial charge in [-0.05, 0) is 54.2 Å². The number of carboxylic acid groups (broad SMARTS) is 1. The lowest BCUT2D eigenvalue weighted by Crippen LogP contribution is -2.43. The van der Waals surface area contributed by atoms with Gasteiger partial charge in [-0.25, -0.2) is 0 Å². The summed E-state index contributed by atoms with van der Waals surface area (Å²) >= 11 is 0. The van der Waals surface area contributed by atoms with Crippen molar-refractivity contribution in [3.05, 3.63) is 12.1 Å². The molecular formula is C18H23N7O3. The van der Waals surface area contributed by atoms with Crippen molar-refractivity contribution in [2.45, 2.75) is 32.1 Å². The van der Waals surface area contributed by atoms with Gasteiger partial charge in [0, 0.05) is 32.1 Å². The fourth-order valence-electron chi connectivity index (χ4n) is 5.23. The quantitative estimate of drug-likeness (QED) is 0.809. The van der Waals surface area contributed by atoms with Crippen LogP contribution in [0.3, 0.4) is 0 Å². The Morgan fingerprint density at radius 2 is 2.00 bits per heavy atom. The van der Waals surface area contributed by atoms with E-state index in [1.807, 2.05) is 17.0 Å². The number of aromatic nitrogens is 5. The van der Waals surface area contributed by atoms with Gasteiger partial charge < -0.3 is 14.9 Å². The number of amides is 1. The van der Waals surface area contributed by atoms with E-state index in [0.29, 0.717) is 25.2 Å². The molecule has 2 aromatic rings. The minimum atomic E-state index is -0.732. The van der Waals surface area contributed by atoms with Gasteiger partial charge in [0.15, 0.2) is 11.5 Å². The van der Waals surface area contributed by atoms with Gasteiger partial charge in [-0.2, -0.15) is 0 Å². The number of tetrazole rings is 1. The van der Waals surface area contributed by atoms with E-state index >= 15 is 0 Å². The second-order valence-electron chi connectivity index (χ2n) is 8.25. The highest BCUT2D eigenvalue weighted by Gasteiger charge is 2.56. The third kappa shape index (κ3) is 2.61. The highest BCUT2D eigenvalue weighted by Crippen LogP contribution is 2.49. The lowest BCUT2D eigenvalue weighted by Gasteiger charge is -2.34. The molecule has 3 fully saturated rings. The molecule has 1 aliphatic carbocycles. The van der Waals surface area contributed by atoms with Gasteiger partial charge in [0.1, 0.15) is 0 Å². The zero-order valence-electron chi connectivity index (χ0n) is 15.6. The summed E-state index contributed by atoms with van der Waals surface area (Å²) in [6, 6.07) is 3.72. The van der Waals surface area contributed by atoms with Crippen molar-refractivity contribution in [2.24, 2.45) is 17.3 Å². The van der Waals surface area contributed by atoms with E-state index in [4.69, 9.17) is 0 Å². The lowest BCUT2D eigenvalue weighted by atomic mass is 9.81. The Morgan fingerprint density at radius 3 is 2.75 bits per heavy atom. The number of hydrogen-bond donors (Lipinski definition) is 1. The molecule has 4 heterocycles. The summed E-state index contributed by atoms with van der Waals surface area (Å²) in [4.78, 5) is 28.9. The molecule has 2 saturated heterocycles. The number of carbonyl (C=O) groups is 2. The summed E-state index contributed by atoms with van der Waals surface area (Å²) < 4.78 is 1.40. The summed E-state index contributed by atoms with van der Waals surface area (Å²) in [5, 5.41) is 25.4. The van der Waals surface area contributed by atoms with E-state index in [1.54, 1.807) is 0 Å². The van der Waals surface area contributed by atoms with E-state index < -0.39 is 11.4 Å². The third-order valence-electron chi connectivity index (χ3n) is 6.83. The first-order valence-corrected chi connectivity index (χ1v) is 9.89. The molecule has 0 spiro atoms. The van der Waals surface area contributed by atoms with Crippen molar-refractivity contribution >= 4 is 23.3 Å². The Labute approximate surface area is 161 Å². The van der Waals surface area contributed by atoms with Crippen molar-refractivity contribution in [1.82, 2.24) is 30.2 Å². The van der Waals surface area contributed by atoms with Crippen LogP contribution in [0.4, 0.5) is 5.82 Å². The van der Waals surface area contributed by atoms with Crippen LogP contribution >= 0.6 is 0 Å². The second-order valence-corrected chi connectivity index (χ2v) is 8.25. The van der Waals surface area contributed by atoms with Crippen LogP contribution in [0.1, 0.15) is 32.1 Å². The van der Waals surface area contributed by atoms with E-state index in [1.165, 1.54) is 4.63 Å². The number of carboxylic acids is 1. The second kappa shape index (κ2) is 6.39. The molecule has 28 heavy (non-hydrogen) atoms. The maximum atomic E-state index is 13.0. The van der Waals surface area contributed by atoms with Crippen molar-refractivity contribution < 1.29 is 14.7 Å². The van der Waals surface area contributed by atoms with Crippen molar-refractivity contribution in [2.75, 3.05) is 31.1 Å². The summed E-state index contributed by atoms with van der Waals surface area (Å²) in [6.07, 6.45) is 4.06. The Balaban J connectivity index is 1.23. The average Bonchev–Trinajstić information content (AvgIpc) is 3.41. The molecular weight excluding hydrogens is 362 g/mol. The van der Waals surface area contributed by atoms with Gasteiger partial charge in [0.25, 0.3) is 0 Å². The van der Waals surface area contributed by atoms with Crippen LogP contribution in [0.5, 0.6) is 0 Å². The molecule has 0 unspecified atom stereocenters. The van der Waals surface area contributed by atoms with Crippen molar-refractivity contribution in [3.63, 3.8) is 0 Å². The Hall–Kier alpha value is -2.78. The molecule has 0 radical (unpaired) electrons. The topological polar surface area (TPSA) is 117 Å². The largest absolute Gasteiger partial charge is 0.481 e. The van der Waals surface area contributed by atoms with E-state index in [-0.39, 0.29) is 17.7 Å². The number of hydrogen-bond acceptors (Lipinski definition) is 7. The molecule has 0 bridgehead atoms. The van der Waals surface area contributed by atoms with Crippen LogP contribution in [0.2, 0.25) is 0 Å². The van der Waals surface area contributed by atoms with Crippen molar-refractivity contribution in [1.29, 1.82) is 0 Å². The molecule has 1 saturated carbocycles. The van der Waals surface area contributed by atoms with Crippen molar-refractivity contribution in [3.8, 4) is 0 Å². The smallest absolute Gasteiger partial charge is 0.311 e. The molecule has 2 aromatic heterocycles. The first-order chi connectivity index (χ1) is 13.6. The molecule has 1 N–H and O–H groups in total. The number of piperidine rings is 1. The van der Waals surface area contributed by atoms with E-state index in [9.17, 15) is 14.7 Å². The highest BCUT2D eigenvalue weighted by atomic mass is 16.4. The Kier molecular flexibility index (Phi) is 3.95. The average molecular weight is 385 g/mol. The maximum Gasteiger partial charge on any atom is 0.311 e. The van der Waals surface area contributed by atoms with Crippen LogP contribution in [-0.2, 0) is 9.59 Å². The monoisotopic (exact) mass is 385 g/mol. The molecule has 0 aromatic carbocycles. The number of fused-ring (bicyclic) bond motifs is 2. The normalized spacial score (nSPS) is 28.1. The molecule has 5 rings (SSSR count). The molecule has 2 aliphatic heterocycles. The van der Waals surface area contributed by atoms with Gasteiger partial charge in [-0.3, -0.25) is 9.59 Å². The Bertz CT molecular complexity index is 923. The molecule has 10 heteroatoms. The highest BCUT2D eigenvalue weighted by molar-refractivity contribution is 5.83. The van der Waals surface area contributed by atoms with E-state index in [2.05, 4.69) is 25.5 Å². The van der Waals surface area contributed by atoms with Gasteiger partial charge >= 0.3 is 5.97 Å². The van der Waals surface area contributed by atoms with Crippen LogP contribution in [0.25, 0.3) is 5.65 Å². The predicted molar refractivity (Wildman–Crippen MR) is 97.5 cm³/mol. The first kappa shape index (κ1) is 17.3.